The van der Waals surface area contributed by atoms with Crippen molar-refractivity contribution in [3.63, 3.8) is 0 Å². The van der Waals surface area contributed by atoms with Gasteiger partial charge in [-0.3, -0.25) is 0 Å². The van der Waals surface area contributed by atoms with Gasteiger partial charge in [-0.15, -0.1) is 6.42 Å². The number of aromatic nitrogens is 20. The highest BCUT2D eigenvalue weighted by atomic mass is 32.1. The first-order valence-corrected chi connectivity index (χ1v) is 27.1. The van der Waals surface area contributed by atoms with E-state index in [1.54, 1.807) is 28.4 Å². The predicted octanol–water partition coefficient (Wildman–Crippen LogP) is 3.71. The Hall–Kier alpha value is -10.6. The van der Waals surface area contributed by atoms with Crippen molar-refractivity contribution in [1.29, 1.82) is 0 Å². The van der Waals surface area contributed by atoms with E-state index in [2.05, 4.69) is 74.1 Å². The smallest absolute Gasteiger partial charge is 0.368 e. The van der Waals surface area contributed by atoms with E-state index in [0.29, 0.717) is 83.9 Å². The molecule has 12 rings (SSSR count). The quantitative estimate of drug-likeness (QED) is 0.104. The van der Waals surface area contributed by atoms with E-state index in [1.165, 1.54) is 105 Å². The minimum atomic E-state index is -0.437. The Kier molecular flexibility index (Phi) is 16.8. The van der Waals surface area contributed by atoms with Crippen LogP contribution in [0.3, 0.4) is 0 Å². The zero-order chi connectivity index (χ0) is 62.8. The SMILES string of the molecule is [3H]c1csc(OCc2c(-n3nnn(C)c3=O)coc2C#C)n1.[3H]c1csc(OCc2c(-n3nnn(C)c3=O)coc2C)n1.[3H]c1csc(OCc2c(-n3nnn(C)c3=O)coc2C=C)n1.[3H]c1csc(OCc2c(-n3nnn(C)c3=O)coc2OCC)n1. The van der Waals surface area contributed by atoms with Gasteiger partial charge in [0, 0.05) is 74.4 Å². The molecule has 0 bridgehead atoms. The van der Waals surface area contributed by atoms with Gasteiger partial charge in [0.1, 0.15) is 85.8 Å². The summed E-state index contributed by atoms with van der Waals surface area (Å²) in [5, 5.41) is 37.4. The van der Waals surface area contributed by atoms with Crippen LogP contribution in [0.25, 0.3) is 28.8 Å². The van der Waals surface area contributed by atoms with E-state index in [-0.39, 0.29) is 68.5 Å². The van der Waals surface area contributed by atoms with E-state index < -0.39 is 17.1 Å². The molecule has 33 nitrogen and oxygen atoms in total. The summed E-state index contributed by atoms with van der Waals surface area (Å²) in [6, 6.07) is 0. The maximum absolute atomic E-state index is 12.0. The lowest BCUT2D eigenvalue weighted by atomic mass is 10.2. The summed E-state index contributed by atoms with van der Waals surface area (Å²) in [7, 11) is 5.99. The van der Waals surface area contributed by atoms with Crippen LogP contribution in [0.1, 0.15) is 51.9 Å². The molecule has 434 valence electrons. The second-order valence-corrected chi connectivity index (χ2v) is 19.3. The lowest BCUT2D eigenvalue weighted by molar-refractivity contribution is 0.239. The highest BCUT2D eigenvalue weighted by molar-refractivity contribution is 7.12. The molecule has 0 saturated heterocycles. The number of hydrogen-bond acceptors (Lipinski definition) is 29. The highest BCUT2D eigenvalue weighted by Gasteiger charge is 2.23. The molecule has 0 aliphatic heterocycles. The van der Waals surface area contributed by atoms with Gasteiger partial charge in [0.15, 0.2) is 5.76 Å². The summed E-state index contributed by atoms with van der Waals surface area (Å²) < 4.78 is 87.1. The molecule has 37 heteroatoms. The Morgan fingerprint density at radius 3 is 1.26 bits per heavy atom. The van der Waals surface area contributed by atoms with Gasteiger partial charge in [0.2, 0.25) is 0 Å². The van der Waals surface area contributed by atoms with Gasteiger partial charge in [0.25, 0.3) is 26.7 Å². The Balaban J connectivity index is 0.000000140. The summed E-state index contributed by atoms with van der Waals surface area (Å²) in [5.74, 6) is 3.94. The molecular weight excluding hydrogens is 1180 g/mol. The van der Waals surface area contributed by atoms with Crippen LogP contribution >= 0.6 is 45.3 Å². The van der Waals surface area contributed by atoms with Crippen LogP contribution in [0.15, 0.2) is 115 Å². The third-order valence-corrected chi connectivity index (χ3v) is 13.5. The fourth-order valence-electron chi connectivity index (χ4n) is 6.82. The number of thiazole rings is 4. The molecule has 12 aromatic rings. The number of hydrogen-bond donors (Lipinski definition) is 0. The summed E-state index contributed by atoms with van der Waals surface area (Å²) >= 11 is 4.85. The van der Waals surface area contributed by atoms with Crippen LogP contribution in [0.5, 0.6) is 26.7 Å². The minimum Gasteiger partial charge on any atom is -0.467 e. The van der Waals surface area contributed by atoms with Gasteiger partial charge < -0.3 is 41.4 Å². The van der Waals surface area contributed by atoms with Gasteiger partial charge in [-0.25, -0.2) is 39.1 Å². The molecule has 12 heterocycles. The van der Waals surface area contributed by atoms with Crippen LogP contribution in [0, 0.1) is 19.3 Å². The van der Waals surface area contributed by atoms with Crippen LogP contribution in [0.2, 0.25) is 0 Å². The molecule has 0 aromatic carbocycles. The fourth-order valence-corrected chi connectivity index (χ4v) is 8.58. The molecule has 0 aliphatic rings. The molecule has 12 aromatic heterocycles. The van der Waals surface area contributed by atoms with E-state index in [9.17, 15) is 19.2 Å². The predicted molar refractivity (Wildman–Crippen MR) is 295 cm³/mol. The lowest BCUT2D eigenvalue weighted by Gasteiger charge is -2.05. The molecule has 0 radical (unpaired) electrons. The summed E-state index contributed by atoms with van der Waals surface area (Å²) in [4.78, 5) is 63.3. The Morgan fingerprint density at radius 2 is 0.881 bits per heavy atom. The molecule has 0 atom stereocenters. The number of furan rings is 4. The van der Waals surface area contributed by atoms with E-state index >= 15 is 0 Å². The molecule has 0 fully saturated rings. The summed E-state index contributed by atoms with van der Waals surface area (Å²) in [6.45, 7) is 7.98. The largest absolute Gasteiger partial charge is 0.467 e. The monoisotopic (exact) mass is 1230 g/mol. The topological polar surface area (TPSA) is 361 Å². The number of ether oxygens (including phenoxy) is 5. The Labute approximate surface area is 491 Å². The molecule has 0 spiro atoms. The highest BCUT2D eigenvalue weighted by Crippen LogP contribution is 2.30. The molecule has 84 heavy (non-hydrogen) atoms. The molecule has 0 amide bonds. The number of nitrogens with zero attached hydrogens (tertiary/aromatic N) is 20. The summed E-state index contributed by atoms with van der Waals surface area (Å²) in [6.07, 6.45) is 13.0. The van der Waals surface area contributed by atoms with Crippen molar-refractivity contribution in [2.24, 2.45) is 28.2 Å². The van der Waals surface area contributed by atoms with Crippen molar-refractivity contribution < 1.29 is 46.8 Å². The fraction of sp³-hybridized carbons (Fsp3) is 0.234. The minimum absolute atomic E-state index is 0.0291. The van der Waals surface area contributed by atoms with Gasteiger partial charge in [-0.05, 0) is 67.6 Å². The third kappa shape index (κ3) is 13.1. The number of aryl methyl sites for hydroxylation is 5. The Morgan fingerprint density at radius 1 is 0.524 bits per heavy atom. The zero-order valence-corrected chi connectivity index (χ0v) is 47.7. The second kappa shape index (κ2) is 26.8. The van der Waals surface area contributed by atoms with Gasteiger partial charge >= 0.3 is 22.8 Å². The average Bonchev–Trinajstić information content (AvgIpc) is 3.32. The number of terminal acetylenes is 1. The maximum Gasteiger partial charge on any atom is 0.368 e. The zero-order valence-electron chi connectivity index (χ0n) is 48.4. The maximum atomic E-state index is 12.0. The van der Waals surface area contributed by atoms with Gasteiger partial charge in [-0.1, -0.05) is 51.9 Å². The van der Waals surface area contributed by atoms with Crippen LogP contribution < -0.4 is 46.4 Å². The molecular formula is C47H44N20O13S4. The lowest BCUT2D eigenvalue weighted by Crippen LogP contribution is -2.22. The standard InChI is InChI=1S/C12H13N5O4S.C12H11N5O3S.C12H9N5O3S.C11H11N5O3S/c1-3-19-10-8(6-21-11-13-4-5-22-11)9(7-20-10)17-12(18)16(2)14-15-17;2*1-3-10-8(6-20-11-13-4-5-21-11)9(7-19-10)17-12(18)16(2)14-15-17;1-7-8(5-19-10-12-3-4-20-10)9(6-18-7)16-11(17)15(2)13-14-16/h4-5,7H,3,6H2,1-2H3;3-5,7H,1,6H2,2H3;1,4-5,7H,6H2,2H3;3-4,6H,5H2,1-2H3/i3*4T;3T. The van der Waals surface area contributed by atoms with Crippen molar-refractivity contribution >= 4 is 51.4 Å². The number of rotatable bonds is 19. The van der Waals surface area contributed by atoms with Crippen molar-refractivity contribution in [1.82, 2.24) is 99.1 Å². The molecule has 0 aliphatic carbocycles. The van der Waals surface area contributed by atoms with Crippen molar-refractivity contribution in [3.05, 3.63) is 159 Å². The average molecular weight is 1230 g/mol. The van der Waals surface area contributed by atoms with Crippen molar-refractivity contribution in [2.45, 2.75) is 40.3 Å². The second-order valence-electron chi connectivity index (χ2n) is 16.0. The first kappa shape index (κ1) is 52.8. The van der Waals surface area contributed by atoms with Crippen LogP contribution in [0.4, 0.5) is 0 Å². The van der Waals surface area contributed by atoms with Gasteiger partial charge in [0.05, 0.1) is 34.3 Å². The number of tetrazole rings is 4. The summed E-state index contributed by atoms with van der Waals surface area (Å²) in [5.41, 5.74) is 2.28. The van der Waals surface area contributed by atoms with Crippen LogP contribution in [-0.4, -0.2) is 106 Å². The van der Waals surface area contributed by atoms with Crippen molar-refractivity contribution in [2.75, 3.05) is 6.61 Å². The van der Waals surface area contributed by atoms with E-state index in [0.717, 1.165) is 37.5 Å². The normalized spacial score (nSPS) is 11.4. The van der Waals surface area contributed by atoms with E-state index in [4.69, 9.17) is 53.3 Å². The third-order valence-electron chi connectivity index (χ3n) is 10.9. The van der Waals surface area contributed by atoms with Crippen LogP contribution in [-0.2, 0) is 54.6 Å². The molecule has 0 unspecified atom stereocenters. The first-order valence-electron chi connectivity index (χ1n) is 25.6. The molecule has 0 N–H and O–H groups in total. The first-order chi connectivity index (χ1) is 42.3. The van der Waals surface area contributed by atoms with E-state index in [1.807, 2.05) is 6.92 Å². The van der Waals surface area contributed by atoms with Crippen molar-refractivity contribution in [3.8, 4) is 61.8 Å². The van der Waals surface area contributed by atoms with Gasteiger partial charge in [-0.2, -0.15) is 37.5 Å². The molecule has 0 saturated carbocycles. The Bertz CT molecular complexity index is 4650.